The van der Waals surface area contributed by atoms with Gasteiger partial charge >= 0.3 is 0 Å². The molecule has 6 nitrogen and oxygen atoms in total. The van der Waals surface area contributed by atoms with Gasteiger partial charge < -0.3 is 5.32 Å². The first-order valence-electron chi connectivity index (χ1n) is 11.4. The van der Waals surface area contributed by atoms with Gasteiger partial charge in [0.1, 0.15) is 5.82 Å². The number of hydrogen-bond acceptors (Lipinski definition) is 5. The van der Waals surface area contributed by atoms with Crippen LogP contribution < -0.4 is 10.9 Å². The fourth-order valence-corrected chi connectivity index (χ4v) is 4.89. The van der Waals surface area contributed by atoms with Gasteiger partial charge in [-0.2, -0.15) is 0 Å². The summed E-state index contributed by atoms with van der Waals surface area (Å²) in [6, 6.07) is 19.4. The third-order valence-electron chi connectivity index (χ3n) is 6.05. The van der Waals surface area contributed by atoms with E-state index < -0.39 is 0 Å². The molecule has 0 aliphatic heterocycles. The van der Waals surface area contributed by atoms with Crippen LogP contribution in [0.4, 0.5) is 0 Å². The molecule has 0 saturated heterocycles. The Kier molecular flexibility index (Phi) is 6.20. The van der Waals surface area contributed by atoms with E-state index in [1.54, 1.807) is 12.3 Å². The van der Waals surface area contributed by atoms with Crippen LogP contribution in [0.25, 0.3) is 16.7 Å². The number of hydrogen-bond donors (Lipinski definition) is 1. The number of thioether (sulfide) groups is 1. The van der Waals surface area contributed by atoms with Crippen molar-refractivity contribution in [2.24, 2.45) is 5.92 Å². The van der Waals surface area contributed by atoms with Gasteiger partial charge in [-0.3, -0.25) is 9.59 Å². The van der Waals surface area contributed by atoms with Crippen molar-refractivity contribution in [3.63, 3.8) is 0 Å². The summed E-state index contributed by atoms with van der Waals surface area (Å²) in [5.41, 5.74) is 3.74. The van der Waals surface area contributed by atoms with Crippen molar-refractivity contribution in [1.82, 2.24) is 19.9 Å². The number of amides is 1. The van der Waals surface area contributed by atoms with E-state index in [9.17, 15) is 9.59 Å². The highest BCUT2D eigenvalue weighted by atomic mass is 32.2. The predicted octanol–water partition coefficient (Wildman–Crippen LogP) is 4.76. The second-order valence-electron chi connectivity index (χ2n) is 8.83. The molecule has 5 rings (SSSR count). The molecule has 1 N–H and O–H groups in total. The molecule has 172 valence electrons. The van der Waals surface area contributed by atoms with Gasteiger partial charge in [0.25, 0.3) is 5.56 Å². The first-order valence-corrected chi connectivity index (χ1v) is 12.4. The lowest BCUT2D eigenvalue weighted by atomic mass is 10.0. The van der Waals surface area contributed by atoms with Crippen molar-refractivity contribution in [2.75, 3.05) is 5.75 Å². The zero-order valence-electron chi connectivity index (χ0n) is 19.2. The number of carbonyl (C=O) groups is 1. The van der Waals surface area contributed by atoms with Crippen molar-refractivity contribution >= 4 is 28.6 Å². The Labute approximate surface area is 202 Å². The van der Waals surface area contributed by atoms with E-state index >= 15 is 0 Å². The highest BCUT2D eigenvalue weighted by molar-refractivity contribution is 7.99. The van der Waals surface area contributed by atoms with E-state index in [-0.39, 0.29) is 23.3 Å². The highest BCUT2D eigenvalue weighted by Gasteiger charge is 2.33. The maximum atomic E-state index is 13.4. The number of benzene rings is 2. The number of carbonyl (C=O) groups excluding carboxylic acids is 1. The molecule has 1 unspecified atom stereocenters. The van der Waals surface area contributed by atoms with Gasteiger partial charge in [0.15, 0.2) is 5.16 Å². The standard InChI is InChI=1S/C27H26N4O2S/c1-17-7-9-19(10-8-17)25(20-11-12-20)30-24(32)16-34-27-29-22-6-4-3-5-21(22)26(33)31(27)23-15-18(2)13-14-28-23/h3-10,13-15,20,25H,11-12,16H2,1-2H3,(H,30,32). The van der Waals surface area contributed by atoms with Gasteiger partial charge in [-0.25, -0.2) is 14.5 Å². The zero-order chi connectivity index (χ0) is 23.7. The third kappa shape index (κ3) is 4.75. The molecule has 1 aliphatic rings. The fourth-order valence-electron chi connectivity index (χ4n) is 4.08. The summed E-state index contributed by atoms with van der Waals surface area (Å²) in [5.74, 6) is 1.06. The van der Waals surface area contributed by atoms with E-state index in [1.807, 2.05) is 37.3 Å². The molecule has 34 heavy (non-hydrogen) atoms. The first-order chi connectivity index (χ1) is 16.5. The number of nitrogens with zero attached hydrogens (tertiary/aromatic N) is 3. The van der Waals surface area contributed by atoms with Crippen LogP contribution in [-0.2, 0) is 4.79 Å². The third-order valence-corrected chi connectivity index (χ3v) is 6.99. The van der Waals surface area contributed by atoms with Crippen LogP contribution in [-0.4, -0.2) is 26.2 Å². The average Bonchev–Trinajstić information content (AvgIpc) is 3.67. The largest absolute Gasteiger partial charge is 0.348 e. The van der Waals surface area contributed by atoms with E-state index in [1.165, 1.54) is 21.9 Å². The molecule has 0 spiro atoms. The molecular formula is C27H26N4O2S. The Hall–Kier alpha value is -3.45. The van der Waals surface area contributed by atoms with Crippen molar-refractivity contribution in [3.05, 3.63) is 93.9 Å². The van der Waals surface area contributed by atoms with Crippen LogP contribution in [0, 0.1) is 19.8 Å². The quantitative estimate of drug-likeness (QED) is 0.311. The Morgan fingerprint density at radius 2 is 1.85 bits per heavy atom. The summed E-state index contributed by atoms with van der Waals surface area (Å²) in [7, 11) is 0. The van der Waals surface area contributed by atoms with E-state index in [4.69, 9.17) is 4.98 Å². The molecule has 1 aliphatic carbocycles. The molecule has 1 fully saturated rings. The van der Waals surface area contributed by atoms with Gasteiger partial charge in [0.2, 0.25) is 5.91 Å². The lowest BCUT2D eigenvalue weighted by Crippen LogP contribution is -2.31. The van der Waals surface area contributed by atoms with Crippen molar-refractivity contribution in [3.8, 4) is 5.82 Å². The average molecular weight is 471 g/mol. The number of pyridine rings is 1. The van der Waals surface area contributed by atoms with Crippen LogP contribution >= 0.6 is 11.8 Å². The highest BCUT2D eigenvalue weighted by Crippen LogP contribution is 2.41. The maximum Gasteiger partial charge on any atom is 0.267 e. The Morgan fingerprint density at radius 1 is 1.09 bits per heavy atom. The minimum atomic E-state index is -0.192. The van der Waals surface area contributed by atoms with Gasteiger partial charge in [0, 0.05) is 6.20 Å². The van der Waals surface area contributed by atoms with Gasteiger partial charge in [-0.15, -0.1) is 0 Å². The molecule has 0 bridgehead atoms. The summed E-state index contributed by atoms with van der Waals surface area (Å²) in [5, 5.41) is 4.19. The minimum Gasteiger partial charge on any atom is -0.348 e. The molecule has 2 aromatic carbocycles. The second-order valence-corrected chi connectivity index (χ2v) is 9.77. The monoisotopic (exact) mass is 470 g/mol. The molecule has 2 aromatic heterocycles. The normalized spacial score (nSPS) is 14.2. The molecule has 7 heteroatoms. The SMILES string of the molecule is Cc1ccc(C(NC(=O)CSc2nc3ccccc3c(=O)n2-c2cc(C)ccn2)C2CC2)cc1. The lowest BCUT2D eigenvalue weighted by molar-refractivity contribution is -0.119. The summed E-state index contributed by atoms with van der Waals surface area (Å²) in [6.45, 7) is 4.01. The molecule has 2 heterocycles. The smallest absolute Gasteiger partial charge is 0.267 e. The summed E-state index contributed by atoms with van der Waals surface area (Å²) < 4.78 is 1.51. The van der Waals surface area contributed by atoms with Crippen molar-refractivity contribution < 1.29 is 4.79 Å². The minimum absolute atomic E-state index is 0.0129. The van der Waals surface area contributed by atoms with Crippen LogP contribution in [0.5, 0.6) is 0 Å². The van der Waals surface area contributed by atoms with Crippen LogP contribution in [0.3, 0.4) is 0 Å². The van der Waals surface area contributed by atoms with Crippen LogP contribution in [0.1, 0.15) is 35.6 Å². The number of aryl methyl sites for hydroxylation is 2. The molecule has 4 aromatic rings. The number of nitrogens with one attached hydrogen (secondary N) is 1. The van der Waals surface area contributed by atoms with Crippen molar-refractivity contribution in [1.29, 1.82) is 0 Å². The van der Waals surface area contributed by atoms with Gasteiger partial charge in [-0.05, 0) is 68.0 Å². The Morgan fingerprint density at radius 3 is 2.59 bits per heavy atom. The molecule has 1 atom stereocenters. The summed E-state index contributed by atoms with van der Waals surface area (Å²) in [6.07, 6.45) is 3.92. The first kappa shape index (κ1) is 22.3. The van der Waals surface area contributed by atoms with E-state index in [0.717, 1.165) is 24.0 Å². The predicted molar refractivity (Wildman–Crippen MR) is 135 cm³/mol. The maximum absolute atomic E-state index is 13.4. The van der Waals surface area contributed by atoms with E-state index in [0.29, 0.717) is 27.8 Å². The molecule has 0 radical (unpaired) electrons. The topological polar surface area (TPSA) is 76.9 Å². The van der Waals surface area contributed by atoms with Crippen molar-refractivity contribution in [2.45, 2.75) is 37.9 Å². The number of rotatable bonds is 7. The Bertz CT molecular complexity index is 1410. The summed E-state index contributed by atoms with van der Waals surface area (Å²) in [4.78, 5) is 35.5. The molecular weight excluding hydrogens is 444 g/mol. The molecule has 1 saturated carbocycles. The molecule has 1 amide bonds. The Balaban J connectivity index is 1.42. The lowest BCUT2D eigenvalue weighted by Gasteiger charge is -2.19. The number of fused-ring (bicyclic) bond motifs is 1. The number of aromatic nitrogens is 3. The van der Waals surface area contributed by atoms with Crippen LogP contribution in [0.15, 0.2) is 76.8 Å². The van der Waals surface area contributed by atoms with Crippen LogP contribution in [0.2, 0.25) is 0 Å². The van der Waals surface area contributed by atoms with Gasteiger partial charge in [-0.1, -0.05) is 53.7 Å². The van der Waals surface area contributed by atoms with E-state index in [2.05, 4.69) is 41.5 Å². The second kappa shape index (κ2) is 9.43. The zero-order valence-corrected chi connectivity index (χ0v) is 20.0. The van der Waals surface area contributed by atoms with Gasteiger partial charge in [0.05, 0.1) is 22.7 Å². The fraction of sp³-hybridized carbons (Fsp3) is 0.259. The number of para-hydroxylation sites is 1. The summed E-state index contributed by atoms with van der Waals surface area (Å²) >= 11 is 1.26.